The molecule has 12 nitrogen and oxygen atoms in total. The summed E-state index contributed by atoms with van der Waals surface area (Å²) in [5.41, 5.74) is -0.508. The lowest BCUT2D eigenvalue weighted by Crippen LogP contribution is -2.83. The molecule has 9 fully saturated rings. The van der Waals surface area contributed by atoms with Crippen molar-refractivity contribution in [1.82, 2.24) is 0 Å². The van der Waals surface area contributed by atoms with Crippen molar-refractivity contribution in [2.24, 2.45) is 0 Å². The molecule has 6 saturated carbocycles. The molecular formula is C33H65O12Si8-. The molecule has 0 radical (unpaired) electrons. The molecule has 0 unspecified atom stereocenters. The summed E-state index contributed by atoms with van der Waals surface area (Å²) < 4.78 is 76.2. The number of fused-ring (bicyclic) bond motifs is 3. The van der Waals surface area contributed by atoms with Crippen molar-refractivity contribution >= 4 is 70.7 Å². The summed E-state index contributed by atoms with van der Waals surface area (Å²) in [7, 11) is -29.2. The third kappa shape index (κ3) is 7.54. The monoisotopic (exact) mass is 877 g/mol. The topological polar surface area (TPSA) is 133 Å². The molecule has 0 aromatic heterocycles. The molecule has 9 rings (SSSR count). The van der Waals surface area contributed by atoms with E-state index in [2.05, 4.69) is 19.6 Å². The highest BCUT2D eigenvalue weighted by Gasteiger charge is 2.78. The number of hydrogen-bond donors (Lipinski definition) is 2. The molecule has 302 valence electrons. The lowest BCUT2D eigenvalue weighted by molar-refractivity contribution is 0.00281. The first kappa shape index (κ1) is 39.7. The van der Waals surface area contributed by atoms with Gasteiger partial charge >= 0.3 is 52.8 Å². The molecule has 0 aromatic rings. The average molecular weight is 879 g/mol. The molecule has 0 amide bonds. The Kier molecular flexibility index (Phi) is 11.3. The van der Waals surface area contributed by atoms with Gasteiger partial charge in [0.25, 0.3) is 0 Å². The fourth-order valence-corrected chi connectivity index (χ4v) is 53.9. The van der Waals surface area contributed by atoms with Crippen LogP contribution in [-0.2, 0) is 41.2 Å². The van der Waals surface area contributed by atoms with Crippen LogP contribution in [0.25, 0.3) is 0 Å². The van der Waals surface area contributed by atoms with Crippen LogP contribution in [0.4, 0.5) is 0 Å². The zero-order valence-corrected chi connectivity index (χ0v) is 40.4. The molecule has 3 saturated heterocycles. The van der Waals surface area contributed by atoms with Crippen molar-refractivity contribution in [3.63, 3.8) is 0 Å². The Morgan fingerprint density at radius 2 is 0.774 bits per heavy atom. The Morgan fingerprint density at radius 3 is 1.23 bits per heavy atom. The highest BCUT2D eigenvalue weighted by Crippen LogP contribution is 2.59. The molecule has 53 heavy (non-hydrogen) atoms. The second kappa shape index (κ2) is 15.1. The highest BCUT2D eigenvalue weighted by atomic mass is 28.6. The van der Waals surface area contributed by atoms with Crippen molar-refractivity contribution in [2.75, 3.05) is 0 Å². The summed E-state index contributed by atoms with van der Waals surface area (Å²) in [6.45, 7) is 6.60. The predicted octanol–water partition coefficient (Wildman–Crippen LogP) is 8.30. The van der Waals surface area contributed by atoms with E-state index in [4.69, 9.17) is 41.2 Å². The minimum absolute atomic E-state index is 0.0191. The van der Waals surface area contributed by atoms with Gasteiger partial charge in [-0.25, -0.2) is 0 Å². The van der Waals surface area contributed by atoms with Gasteiger partial charge in [0, 0.05) is 33.2 Å². The summed E-state index contributed by atoms with van der Waals surface area (Å²) in [5, 5.41) is 0. The molecule has 3 aliphatic heterocycles. The Morgan fingerprint density at radius 1 is 0.415 bits per heavy atom. The molecular weight excluding hydrogens is 813 g/mol. The SMILES string of the molecule is C[Si](C)(C)O[Si@@]1(C2CCCC2)O[Si-]2O[Si@](O)(C3CCCC3)O[Si@@]3(C4CCCC4)O[Si@](O)(C4CCCC4)O[Si@](C4CCCC4)(O[Si@@](C4CCCC4)(O2)O3)O1. The van der Waals surface area contributed by atoms with E-state index in [1.54, 1.807) is 0 Å². The number of rotatable bonds is 8. The summed E-state index contributed by atoms with van der Waals surface area (Å²) in [4.78, 5) is 26.8. The van der Waals surface area contributed by atoms with E-state index in [-0.39, 0.29) is 33.2 Å². The standard InChI is InChI=1S/C33H65O12Si8/c1-47(2,3)39-50(30-20-8-9-21-30)37-46-36-48(34,28-16-4-5-17-28)40-52(32-24-12-13-25-32)41-49(35,29-18-6-7-19-29)42-53(43-50,33-26-14-15-27-33)45-51(38-46,44-52)31-22-10-11-23-31/h28-35H,4-27H2,1-3H3/q-1/t48-,49-,50-,51+,52+,53+/m1/s1. The van der Waals surface area contributed by atoms with Gasteiger partial charge in [0.15, 0.2) is 17.8 Å². The van der Waals surface area contributed by atoms with Gasteiger partial charge in [0.2, 0.25) is 0 Å². The van der Waals surface area contributed by atoms with Crippen LogP contribution in [0, 0.1) is 0 Å². The first-order valence-electron chi connectivity index (χ1n) is 21.7. The van der Waals surface area contributed by atoms with E-state index >= 15 is 0 Å². The van der Waals surface area contributed by atoms with Crippen molar-refractivity contribution in [3.05, 3.63) is 0 Å². The van der Waals surface area contributed by atoms with E-state index in [1.165, 1.54) is 0 Å². The normalized spacial score (nSPS) is 45.2. The summed E-state index contributed by atoms with van der Waals surface area (Å²) >= 11 is 0. The van der Waals surface area contributed by atoms with Crippen molar-refractivity contribution < 1.29 is 50.7 Å². The smallest absolute Gasteiger partial charge is 0.486 e. The first-order valence-corrected chi connectivity index (χ1v) is 37.2. The third-order valence-electron chi connectivity index (χ3n) is 14.0. The fourth-order valence-electron chi connectivity index (χ4n) is 11.4. The minimum atomic E-state index is -4.23. The molecule has 3 heterocycles. The van der Waals surface area contributed by atoms with Crippen LogP contribution >= 0.6 is 0 Å². The molecule has 6 atom stereocenters. The minimum Gasteiger partial charge on any atom is -0.546 e. The Balaban J connectivity index is 1.30. The summed E-state index contributed by atoms with van der Waals surface area (Å²) in [6.07, 6.45) is 22.8. The van der Waals surface area contributed by atoms with Crippen molar-refractivity contribution in [1.29, 1.82) is 0 Å². The Bertz CT molecular complexity index is 1300. The van der Waals surface area contributed by atoms with E-state index in [9.17, 15) is 9.59 Å². The second-order valence-electron chi connectivity index (χ2n) is 18.9. The zero-order valence-electron chi connectivity index (χ0n) is 32.4. The molecule has 4 bridgehead atoms. The lowest BCUT2D eigenvalue weighted by Gasteiger charge is -2.63. The van der Waals surface area contributed by atoms with E-state index in [0.717, 1.165) is 154 Å². The maximum Gasteiger partial charge on any atom is 0.486 e. The Labute approximate surface area is 326 Å². The van der Waals surface area contributed by atoms with Crippen LogP contribution in [0.2, 0.25) is 52.9 Å². The van der Waals surface area contributed by atoms with Crippen molar-refractivity contribution in [3.8, 4) is 0 Å². The lowest BCUT2D eigenvalue weighted by atomic mass is 10.4. The van der Waals surface area contributed by atoms with E-state index in [1.807, 2.05) is 0 Å². The van der Waals surface area contributed by atoms with Gasteiger partial charge in [0.1, 0.15) is 0 Å². The second-order valence-corrected chi connectivity index (χ2v) is 44.1. The molecule has 0 aromatic carbocycles. The number of hydrogen-bond acceptors (Lipinski definition) is 12. The van der Waals surface area contributed by atoms with Crippen LogP contribution in [-0.4, -0.2) is 80.3 Å². The van der Waals surface area contributed by atoms with E-state index in [0.29, 0.717) is 0 Å². The molecule has 2 N–H and O–H groups in total. The van der Waals surface area contributed by atoms with Crippen LogP contribution in [0.5, 0.6) is 0 Å². The van der Waals surface area contributed by atoms with Gasteiger partial charge < -0.3 is 50.7 Å². The molecule has 6 aliphatic carbocycles. The molecule has 20 heteroatoms. The van der Waals surface area contributed by atoms with Gasteiger partial charge in [-0.1, -0.05) is 77.0 Å². The van der Waals surface area contributed by atoms with Gasteiger partial charge in [-0.2, -0.15) is 0 Å². The summed E-state index contributed by atoms with van der Waals surface area (Å²) in [5.74, 6) is 0. The third-order valence-corrected chi connectivity index (χ3v) is 46.3. The van der Waals surface area contributed by atoms with Crippen LogP contribution < -0.4 is 0 Å². The van der Waals surface area contributed by atoms with Crippen LogP contribution in [0.1, 0.15) is 154 Å². The maximum atomic E-state index is 13.6. The van der Waals surface area contributed by atoms with E-state index < -0.39 is 70.7 Å². The summed E-state index contributed by atoms with van der Waals surface area (Å²) in [6, 6.07) is 0. The van der Waals surface area contributed by atoms with Crippen molar-refractivity contribution in [2.45, 2.75) is 207 Å². The average Bonchev–Trinajstić information content (AvgIpc) is 3.95. The van der Waals surface area contributed by atoms with Gasteiger partial charge in [-0.15, -0.1) is 0 Å². The van der Waals surface area contributed by atoms with Gasteiger partial charge in [-0.3, -0.25) is 0 Å². The van der Waals surface area contributed by atoms with Gasteiger partial charge in [0.05, 0.1) is 0 Å². The van der Waals surface area contributed by atoms with Gasteiger partial charge in [-0.05, 0) is 96.7 Å². The Hall–Kier alpha value is 1.26. The van der Waals surface area contributed by atoms with Crippen LogP contribution in [0.3, 0.4) is 0 Å². The maximum absolute atomic E-state index is 13.6. The highest BCUT2D eigenvalue weighted by molar-refractivity contribution is 6.98. The fraction of sp³-hybridized carbons (Fsp3) is 1.00. The predicted molar refractivity (Wildman–Crippen MR) is 212 cm³/mol. The van der Waals surface area contributed by atoms with Crippen LogP contribution in [0.15, 0.2) is 0 Å². The molecule has 9 aliphatic rings. The zero-order chi connectivity index (χ0) is 36.6. The molecule has 0 spiro atoms. The quantitative estimate of drug-likeness (QED) is 0.228. The largest absolute Gasteiger partial charge is 0.546 e. The first-order chi connectivity index (χ1) is 25.4.